The fourth-order valence-electron chi connectivity index (χ4n) is 4.53. The highest BCUT2D eigenvalue weighted by molar-refractivity contribution is 5.50. The molecular formula is C20H34N2O3+2. The number of hydrogen-bond donors (Lipinski definition) is 2. The van der Waals surface area contributed by atoms with Crippen LogP contribution in [0.3, 0.4) is 0 Å². The Hall–Kier alpha value is -1.46. The van der Waals surface area contributed by atoms with E-state index in [-0.39, 0.29) is 0 Å². The molecule has 25 heavy (non-hydrogen) atoms. The molecule has 2 fully saturated rings. The van der Waals surface area contributed by atoms with Crippen LogP contribution < -0.4 is 24.0 Å². The highest BCUT2D eigenvalue weighted by Crippen LogP contribution is 2.34. The van der Waals surface area contributed by atoms with E-state index in [1.54, 1.807) is 26.2 Å². The Kier molecular flexibility index (Phi) is 6.43. The van der Waals surface area contributed by atoms with E-state index in [1.165, 1.54) is 63.8 Å². The Labute approximate surface area is 151 Å². The van der Waals surface area contributed by atoms with Gasteiger partial charge in [-0.1, -0.05) is 0 Å². The third-order valence-corrected chi connectivity index (χ3v) is 5.99. The zero-order valence-corrected chi connectivity index (χ0v) is 16.0. The highest BCUT2D eigenvalue weighted by atomic mass is 16.5. The van der Waals surface area contributed by atoms with Crippen molar-refractivity contribution in [2.45, 2.75) is 44.7 Å². The van der Waals surface area contributed by atoms with Crippen LogP contribution in [0.15, 0.2) is 12.1 Å². The summed E-state index contributed by atoms with van der Waals surface area (Å²) in [6.07, 6.45) is 6.98. The molecule has 0 saturated carbocycles. The first-order chi connectivity index (χ1) is 12.2. The second kappa shape index (κ2) is 8.77. The second-order valence-corrected chi connectivity index (χ2v) is 7.44. The Morgan fingerprint density at radius 3 is 2.00 bits per heavy atom. The maximum Gasteiger partial charge on any atom is 0.164 e. The third-order valence-electron chi connectivity index (χ3n) is 5.99. The number of nitrogens with one attached hydrogen (secondary N) is 2. The van der Waals surface area contributed by atoms with Gasteiger partial charge in [-0.15, -0.1) is 0 Å². The molecule has 2 saturated heterocycles. The lowest BCUT2D eigenvalue weighted by molar-refractivity contribution is -0.965. The Morgan fingerprint density at radius 2 is 1.40 bits per heavy atom. The van der Waals surface area contributed by atoms with Crippen molar-refractivity contribution in [1.29, 1.82) is 0 Å². The van der Waals surface area contributed by atoms with Gasteiger partial charge < -0.3 is 24.0 Å². The molecule has 1 aromatic carbocycles. The molecule has 0 bridgehead atoms. The molecule has 0 atom stereocenters. The SMILES string of the molecule is COc1cc(OC)c(OC)cc1C[NH+]1CCC([NH+]2CCCCC2)CC1. The van der Waals surface area contributed by atoms with Crippen LogP contribution in [0.1, 0.15) is 37.7 Å². The number of quaternary nitrogens is 2. The molecule has 140 valence electrons. The molecule has 0 unspecified atom stereocenters. The molecule has 0 spiro atoms. The maximum atomic E-state index is 5.59. The lowest BCUT2D eigenvalue weighted by atomic mass is 9.99. The van der Waals surface area contributed by atoms with E-state index in [1.807, 2.05) is 11.0 Å². The molecule has 5 heteroatoms. The Bertz CT molecular complexity index is 550. The Morgan fingerprint density at radius 1 is 0.800 bits per heavy atom. The fourth-order valence-corrected chi connectivity index (χ4v) is 4.53. The molecule has 0 radical (unpaired) electrons. The van der Waals surface area contributed by atoms with E-state index < -0.39 is 0 Å². The average molecular weight is 351 g/mol. The summed E-state index contributed by atoms with van der Waals surface area (Å²) in [4.78, 5) is 3.52. The van der Waals surface area contributed by atoms with Crippen molar-refractivity contribution in [1.82, 2.24) is 0 Å². The minimum atomic E-state index is 0.727. The predicted molar refractivity (Wildman–Crippen MR) is 98.1 cm³/mol. The molecule has 3 rings (SSSR count). The van der Waals surface area contributed by atoms with Crippen LogP contribution in [0.4, 0.5) is 0 Å². The number of likely N-dealkylation sites (tertiary alicyclic amines) is 2. The molecule has 2 N–H and O–H groups in total. The maximum absolute atomic E-state index is 5.59. The molecule has 0 amide bonds. The number of benzene rings is 1. The van der Waals surface area contributed by atoms with Gasteiger partial charge in [-0.05, 0) is 25.3 Å². The number of ether oxygens (including phenoxy) is 3. The van der Waals surface area contributed by atoms with Gasteiger partial charge >= 0.3 is 0 Å². The van der Waals surface area contributed by atoms with E-state index in [0.717, 1.165) is 29.8 Å². The quantitative estimate of drug-likeness (QED) is 0.776. The number of hydrogen-bond acceptors (Lipinski definition) is 3. The molecular weight excluding hydrogens is 316 g/mol. The smallest absolute Gasteiger partial charge is 0.164 e. The van der Waals surface area contributed by atoms with E-state index >= 15 is 0 Å². The third kappa shape index (κ3) is 4.39. The van der Waals surface area contributed by atoms with Crippen molar-refractivity contribution in [2.24, 2.45) is 0 Å². The highest BCUT2D eigenvalue weighted by Gasteiger charge is 2.31. The molecule has 2 heterocycles. The first kappa shape index (κ1) is 18.3. The lowest BCUT2D eigenvalue weighted by Gasteiger charge is -2.36. The summed E-state index contributed by atoms with van der Waals surface area (Å²) in [5.74, 6) is 2.41. The topological polar surface area (TPSA) is 36.6 Å². The largest absolute Gasteiger partial charge is 0.496 e. The summed E-state index contributed by atoms with van der Waals surface area (Å²) in [5.41, 5.74) is 1.21. The number of methoxy groups -OCH3 is 3. The fraction of sp³-hybridized carbons (Fsp3) is 0.700. The van der Waals surface area contributed by atoms with Crippen LogP contribution in [0.5, 0.6) is 17.2 Å². The van der Waals surface area contributed by atoms with Gasteiger partial charge in [0.15, 0.2) is 11.5 Å². The zero-order chi connectivity index (χ0) is 17.6. The lowest BCUT2D eigenvalue weighted by Crippen LogP contribution is -3.20. The molecule has 0 aromatic heterocycles. The van der Waals surface area contributed by atoms with Gasteiger partial charge in [0, 0.05) is 18.9 Å². The van der Waals surface area contributed by atoms with Crippen LogP contribution in [0.2, 0.25) is 0 Å². The van der Waals surface area contributed by atoms with E-state index in [2.05, 4.69) is 6.07 Å². The van der Waals surface area contributed by atoms with Crippen molar-refractivity contribution < 1.29 is 24.0 Å². The molecule has 0 aliphatic carbocycles. The minimum absolute atomic E-state index is 0.727. The van der Waals surface area contributed by atoms with Gasteiger partial charge in [-0.2, -0.15) is 0 Å². The summed E-state index contributed by atoms with van der Waals surface area (Å²) in [7, 11) is 5.08. The monoisotopic (exact) mass is 350 g/mol. The first-order valence-corrected chi connectivity index (χ1v) is 9.72. The van der Waals surface area contributed by atoms with Crippen LogP contribution in [-0.2, 0) is 6.54 Å². The van der Waals surface area contributed by atoms with Crippen LogP contribution in [0, 0.1) is 0 Å². The average Bonchev–Trinajstić information content (AvgIpc) is 2.69. The molecule has 5 nitrogen and oxygen atoms in total. The summed E-state index contributed by atoms with van der Waals surface area (Å²) in [6.45, 7) is 6.29. The van der Waals surface area contributed by atoms with Crippen molar-refractivity contribution in [3.8, 4) is 17.2 Å². The normalized spacial score (nSPS) is 24.8. The van der Waals surface area contributed by atoms with Gasteiger partial charge in [-0.3, -0.25) is 0 Å². The summed E-state index contributed by atoms with van der Waals surface area (Å²) in [5, 5.41) is 0. The van der Waals surface area contributed by atoms with Crippen molar-refractivity contribution in [2.75, 3.05) is 47.5 Å². The number of rotatable bonds is 6. The van der Waals surface area contributed by atoms with E-state index in [4.69, 9.17) is 14.2 Å². The van der Waals surface area contributed by atoms with Gasteiger partial charge in [0.1, 0.15) is 12.3 Å². The van der Waals surface area contributed by atoms with Crippen molar-refractivity contribution >= 4 is 0 Å². The first-order valence-electron chi connectivity index (χ1n) is 9.72. The zero-order valence-electron chi connectivity index (χ0n) is 16.0. The van der Waals surface area contributed by atoms with Crippen molar-refractivity contribution in [3.63, 3.8) is 0 Å². The molecule has 1 aromatic rings. The second-order valence-electron chi connectivity index (χ2n) is 7.44. The predicted octanol–water partition coefficient (Wildman–Crippen LogP) is 0.329. The molecule has 2 aliphatic rings. The van der Waals surface area contributed by atoms with Gasteiger partial charge in [-0.25, -0.2) is 0 Å². The summed E-state index contributed by atoms with van der Waals surface area (Å²) >= 11 is 0. The minimum Gasteiger partial charge on any atom is -0.496 e. The van der Waals surface area contributed by atoms with Crippen LogP contribution >= 0.6 is 0 Å². The van der Waals surface area contributed by atoms with Crippen molar-refractivity contribution in [3.05, 3.63) is 17.7 Å². The number of piperidine rings is 2. The van der Waals surface area contributed by atoms with E-state index in [9.17, 15) is 0 Å². The summed E-state index contributed by atoms with van der Waals surface area (Å²) in [6, 6.07) is 4.90. The van der Waals surface area contributed by atoms with Gasteiger partial charge in [0.25, 0.3) is 0 Å². The van der Waals surface area contributed by atoms with Gasteiger partial charge in [0.05, 0.1) is 59.1 Å². The molecule has 2 aliphatic heterocycles. The van der Waals surface area contributed by atoms with Gasteiger partial charge in [0.2, 0.25) is 0 Å². The summed E-state index contributed by atoms with van der Waals surface area (Å²) < 4.78 is 16.5. The Balaban J connectivity index is 1.61. The van der Waals surface area contributed by atoms with Crippen LogP contribution in [-0.4, -0.2) is 53.6 Å². The standard InChI is InChI=1S/C20H32N2O3/c1-23-18-14-20(25-3)19(24-2)13-16(18)15-21-11-7-17(8-12-21)22-9-5-4-6-10-22/h13-14,17H,4-12,15H2,1-3H3/p+2. The van der Waals surface area contributed by atoms with Crippen LogP contribution in [0.25, 0.3) is 0 Å². The van der Waals surface area contributed by atoms with E-state index in [0.29, 0.717) is 0 Å².